The third-order valence-corrected chi connectivity index (χ3v) is 4.16. The van der Waals surface area contributed by atoms with Crippen molar-refractivity contribution < 1.29 is 26.7 Å². The molecular weight excluding hydrogens is 321 g/mol. The highest BCUT2D eigenvalue weighted by Gasteiger charge is 2.33. The van der Waals surface area contributed by atoms with Crippen LogP contribution in [0.1, 0.15) is 5.56 Å². The highest BCUT2D eigenvalue weighted by atomic mass is 32.2. The van der Waals surface area contributed by atoms with Crippen LogP contribution in [0.25, 0.3) is 0 Å². The highest BCUT2D eigenvalue weighted by molar-refractivity contribution is 7.92. The van der Waals surface area contributed by atoms with Crippen molar-refractivity contribution >= 4 is 21.4 Å². The lowest BCUT2D eigenvalue weighted by molar-refractivity contribution is -0.136. The van der Waals surface area contributed by atoms with Crippen LogP contribution in [0.2, 0.25) is 0 Å². The van der Waals surface area contributed by atoms with E-state index in [0.717, 1.165) is 36.4 Å². The molecule has 0 heterocycles. The molecule has 2 aromatic rings. The molecule has 0 aliphatic heterocycles. The number of nitrogens with two attached hydrogens (primary N) is 1. The van der Waals surface area contributed by atoms with Gasteiger partial charge >= 0.3 is 6.18 Å². The number of sulfonamides is 1. The van der Waals surface area contributed by atoms with Gasteiger partial charge in [0, 0.05) is 11.4 Å². The van der Waals surface area contributed by atoms with Crippen LogP contribution in [0.5, 0.6) is 5.75 Å². The monoisotopic (exact) mass is 332 g/mol. The zero-order chi connectivity index (χ0) is 16.5. The lowest BCUT2D eigenvalue weighted by Crippen LogP contribution is -2.15. The fourth-order valence-electron chi connectivity index (χ4n) is 1.70. The molecule has 0 unspecified atom stereocenters. The zero-order valence-corrected chi connectivity index (χ0v) is 11.7. The molecule has 0 saturated heterocycles. The average molecular weight is 332 g/mol. The van der Waals surface area contributed by atoms with Gasteiger partial charge in [-0.05, 0) is 42.5 Å². The Hall–Kier alpha value is -2.42. The number of phenols is 1. The summed E-state index contributed by atoms with van der Waals surface area (Å²) in [6.07, 6.45) is -4.69. The van der Waals surface area contributed by atoms with E-state index in [2.05, 4.69) is 0 Å². The number of hydrogen-bond donors (Lipinski definition) is 3. The van der Waals surface area contributed by atoms with E-state index in [-0.39, 0.29) is 16.3 Å². The van der Waals surface area contributed by atoms with Gasteiger partial charge in [0.15, 0.2) is 0 Å². The zero-order valence-electron chi connectivity index (χ0n) is 10.9. The summed E-state index contributed by atoms with van der Waals surface area (Å²) < 4.78 is 64.4. The molecule has 4 N–H and O–H groups in total. The van der Waals surface area contributed by atoms with Gasteiger partial charge in [-0.25, -0.2) is 8.42 Å². The van der Waals surface area contributed by atoms with E-state index in [0.29, 0.717) is 6.07 Å². The molecular formula is C13H11F3N2O3S. The first kappa shape index (κ1) is 16.0. The van der Waals surface area contributed by atoms with Crippen LogP contribution in [0.4, 0.5) is 24.5 Å². The molecule has 0 bridgehead atoms. The van der Waals surface area contributed by atoms with E-state index in [1.54, 1.807) is 0 Å². The molecule has 0 radical (unpaired) electrons. The van der Waals surface area contributed by atoms with Crippen LogP contribution in [0.15, 0.2) is 47.4 Å². The molecule has 0 fully saturated rings. The van der Waals surface area contributed by atoms with Crippen molar-refractivity contribution in [2.75, 3.05) is 10.5 Å². The first-order chi connectivity index (χ1) is 10.1. The number of phenolic OH excluding ortho intramolecular Hbond substituents is 1. The maximum Gasteiger partial charge on any atom is 0.418 e. The number of aromatic hydroxyl groups is 1. The van der Waals surface area contributed by atoms with Gasteiger partial charge in [0.2, 0.25) is 0 Å². The summed E-state index contributed by atoms with van der Waals surface area (Å²) >= 11 is 0. The minimum Gasteiger partial charge on any atom is -0.508 e. The predicted octanol–water partition coefficient (Wildman–Crippen LogP) is 2.79. The maximum absolute atomic E-state index is 12.7. The van der Waals surface area contributed by atoms with Gasteiger partial charge < -0.3 is 10.8 Å². The van der Waals surface area contributed by atoms with Crippen LogP contribution >= 0.6 is 0 Å². The van der Waals surface area contributed by atoms with E-state index >= 15 is 0 Å². The molecule has 0 aliphatic carbocycles. The topological polar surface area (TPSA) is 92.4 Å². The first-order valence-corrected chi connectivity index (χ1v) is 7.36. The molecule has 2 aromatic carbocycles. The maximum atomic E-state index is 12.7. The Kier molecular flexibility index (Phi) is 3.92. The summed E-state index contributed by atoms with van der Waals surface area (Å²) in [7, 11) is -4.07. The van der Waals surface area contributed by atoms with E-state index < -0.39 is 27.5 Å². The molecule has 0 amide bonds. The number of hydrogen-bond acceptors (Lipinski definition) is 4. The molecule has 118 valence electrons. The summed E-state index contributed by atoms with van der Waals surface area (Å²) in [6, 6.07) is 7.27. The van der Waals surface area contributed by atoms with E-state index in [9.17, 15) is 21.6 Å². The molecule has 5 nitrogen and oxygen atoms in total. The van der Waals surface area contributed by atoms with E-state index in [4.69, 9.17) is 10.8 Å². The highest BCUT2D eigenvalue weighted by Crippen LogP contribution is 2.35. The summed E-state index contributed by atoms with van der Waals surface area (Å²) in [5.41, 5.74) is 3.35. The second-order valence-corrected chi connectivity index (χ2v) is 6.08. The minimum absolute atomic E-state index is 0.134. The minimum atomic E-state index is -4.69. The Balaban J connectivity index is 2.36. The number of alkyl halides is 3. The van der Waals surface area contributed by atoms with Gasteiger partial charge in [0.25, 0.3) is 10.0 Å². The number of nitrogens with one attached hydrogen (secondary N) is 1. The standard InChI is InChI=1S/C13H11F3N2O3S/c14-13(15,16)11-7-8(1-6-12(11)17)18-22(20,21)10-4-2-9(19)3-5-10/h1-7,18-19H,17H2. The molecule has 0 spiro atoms. The normalized spacial score (nSPS) is 12.1. The number of halogens is 3. The Morgan fingerprint density at radius 3 is 2.18 bits per heavy atom. The summed E-state index contributed by atoms with van der Waals surface area (Å²) in [5, 5.41) is 9.11. The molecule has 0 atom stereocenters. The van der Waals surface area contributed by atoms with Crippen LogP contribution < -0.4 is 10.5 Å². The number of anilines is 2. The van der Waals surface area contributed by atoms with E-state index in [1.165, 1.54) is 0 Å². The number of rotatable bonds is 3. The smallest absolute Gasteiger partial charge is 0.418 e. The number of nitrogen functional groups attached to an aromatic ring is 1. The molecule has 22 heavy (non-hydrogen) atoms. The molecule has 9 heteroatoms. The predicted molar refractivity (Wildman–Crippen MR) is 74.8 cm³/mol. The average Bonchev–Trinajstić information content (AvgIpc) is 2.40. The Morgan fingerprint density at radius 2 is 1.64 bits per heavy atom. The van der Waals surface area contributed by atoms with Crippen molar-refractivity contribution in [1.82, 2.24) is 0 Å². The molecule has 0 aromatic heterocycles. The van der Waals surface area contributed by atoms with Crippen molar-refractivity contribution in [2.24, 2.45) is 0 Å². The third-order valence-electron chi connectivity index (χ3n) is 2.76. The van der Waals surface area contributed by atoms with Gasteiger partial charge in [-0.1, -0.05) is 0 Å². The first-order valence-electron chi connectivity index (χ1n) is 5.88. The lowest BCUT2D eigenvalue weighted by Gasteiger charge is -2.13. The SMILES string of the molecule is Nc1ccc(NS(=O)(=O)c2ccc(O)cc2)cc1C(F)(F)F. The summed E-state index contributed by atoms with van der Waals surface area (Å²) in [5.74, 6) is -0.134. The second-order valence-electron chi connectivity index (χ2n) is 4.40. The van der Waals surface area contributed by atoms with Crippen molar-refractivity contribution in [3.8, 4) is 5.75 Å². The Labute approximate surface area is 124 Å². The third kappa shape index (κ3) is 3.42. The molecule has 0 aliphatic rings. The van der Waals surface area contributed by atoms with Gasteiger partial charge in [0.05, 0.1) is 10.5 Å². The quantitative estimate of drug-likeness (QED) is 0.754. The van der Waals surface area contributed by atoms with Crippen LogP contribution in [0.3, 0.4) is 0 Å². The second kappa shape index (κ2) is 5.41. The Morgan fingerprint density at radius 1 is 1.05 bits per heavy atom. The van der Waals surface area contributed by atoms with Crippen molar-refractivity contribution in [3.05, 3.63) is 48.0 Å². The van der Waals surface area contributed by atoms with Crippen LogP contribution in [-0.2, 0) is 16.2 Å². The van der Waals surface area contributed by atoms with E-state index in [1.807, 2.05) is 4.72 Å². The largest absolute Gasteiger partial charge is 0.508 e. The van der Waals surface area contributed by atoms with Crippen LogP contribution in [-0.4, -0.2) is 13.5 Å². The van der Waals surface area contributed by atoms with Crippen molar-refractivity contribution in [2.45, 2.75) is 11.1 Å². The fourth-order valence-corrected chi connectivity index (χ4v) is 2.75. The van der Waals surface area contributed by atoms with Gasteiger partial charge in [-0.3, -0.25) is 4.72 Å². The van der Waals surface area contributed by atoms with Crippen molar-refractivity contribution in [1.29, 1.82) is 0 Å². The number of benzene rings is 2. The van der Waals surface area contributed by atoms with Crippen LogP contribution in [0, 0.1) is 0 Å². The Bertz CT molecular complexity index is 787. The molecule has 2 rings (SSSR count). The molecule has 0 saturated carbocycles. The van der Waals surface area contributed by atoms with Gasteiger partial charge in [0.1, 0.15) is 5.75 Å². The summed E-state index contributed by atoms with van der Waals surface area (Å²) in [4.78, 5) is -0.198. The summed E-state index contributed by atoms with van der Waals surface area (Å²) in [6.45, 7) is 0. The fraction of sp³-hybridized carbons (Fsp3) is 0.0769. The van der Waals surface area contributed by atoms with Crippen molar-refractivity contribution in [3.63, 3.8) is 0 Å². The van der Waals surface area contributed by atoms with Gasteiger partial charge in [-0.15, -0.1) is 0 Å². The van der Waals surface area contributed by atoms with Gasteiger partial charge in [-0.2, -0.15) is 13.2 Å². The lowest BCUT2D eigenvalue weighted by atomic mass is 10.1.